The molecule has 6 nitrogen and oxygen atoms in total. The number of anilines is 1. The van der Waals surface area contributed by atoms with Crippen molar-refractivity contribution in [3.8, 4) is 0 Å². The highest BCUT2D eigenvalue weighted by molar-refractivity contribution is 6.04. The summed E-state index contributed by atoms with van der Waals surface area (Å²) in [4.78, 5) is 35.6. The fourth-order valence-corrected chi connectivity index (χ4v) is 1.84. The van der Waals surface area contributed by atoms with Crippen molar-refractivity contribution in [3.63, 3.8) is 0 Å². The minimum Gasteiger partial charge on any atom is -0.481 e. The van der Waals surface area contributed by atoms with E-state index in [1.807, 2.05) is 0 Å². The van der Waals surface area contributed by atoms with Gasteiger partial charge in [0.1, 0.15) is 0 Å². The highest BCUT2D eigenvalue weighted by Gasteiger charge is 2.17. The van der Waals surface area contributed by atoms with Crippen LogP contribution in [0, 0.1) is 0 Å². The van der Waals surface area contributed by atoms with E-state index >= 15 is 0 Å². The summed E-state index contributed by atoms with van der Waals surface area (Å²) >= 11 is 0. The zero-order chi connectivity index (χ0) is 16.0. The summed E-state index contributed by atoms with van der Waals surface area (Å²) in [5, 5.41) is 11.4. The van der Waals surface area contributed by atoms with Gasteiger partial charge >= 0.3 is 5.97 Å². The van der Waals surface area contributed by atoms with Gasteiger partial charge in [-0.3, -0.25) is 14.4 Å². The molecule has 1 rings (SSSR count). The molecule has 0 bridgehead atoms. The Kier molecular flexibility index (Phi) is 5.90. The first-order valence-corrected chi connectivity index (χ1v) is 6.69. The van der Waals surface area contributed by atoms with E-state index in [0.717, 1.165) is 0 Å². The number of carbonyl (C=O) groups excluding carboxylic acids is 2. The Hall–Kier alpha value is -2.37. The molecule has 0 radical (unpaired) electrons. The molecule has 0 saturated carbocycles. The summed E-state index contributed by atoms with van der Waals surface area (Å²) in [6.45, 7) is 3.17. The van der Waals surface area contributed by atoms with E-state index in [4.69, 9.17) is 5.11 Å². The molecule has 0 saturated heterocycles. The van der Waals surface area contributed by atoms with Crippen LogP contribution in [-0.4, -0.2) is 36.0 Å². The van der Waals surface area contributed by atoms with Crippen LogP contribution in [0.5, 0.6) is 0 Å². The summed E-state index contributed by atoms with van der Waals surface area (Å²) in [5.74, 6) is -1.39. The molecule has 0 aliphatic rings. The smallest absolute Gasteiger partial charge is 0.303 e. The number of aliphatic carboxylic acids is 1. The van der Waals surface area contributed by atoms with Crippen molar-refractivity contribution in [2.75, 3.05) is 11.9 Å². The third kappa shape index (κ3) is 4.91. The monoisotopic (exact) mass is 292 g/mol. The SMILES string of the molecule is CC(=O)N(C)c1ccccc1C(=O)NC(C)CCC(=O)O. The van der Waals surface area contributed by atoms with Crippen LogP contribution >= 0.6 is 0 Å². The Bertz CT molecular complexity index is 542. The first-order valence-electron chi connectivity index (χ1n) is 6.69. The van der Waals surface area contributed by atoms with Crippen LogP contribution < -0.4 is 10.2 Å². The van der Waals surface area contributed by atoms with Gasteiger partial charge in [0, 0.05) is 26.4 Å². The van der Waals surface area contributed by atoms with Gasteiger partial charge in [-0.25, -0.2) is 0 Å². The number of carbonyl (C=O) groups is 3. The Morgan fingerprint density at radius 3 is 2.48 bits per heavy atom. The highest BCUT2D eigenvalue weighted by Crippen LogP contribution is 2.19. The summed E-state index contributed by atoms with van der Waals surface area (Å²) in [6.07, 6.45) is 0.349. The number of nitrogens with one attached hydrogen (secondary N) is 1. The number of hydrogen-bond donors (Lipinski definition) is 2. The van der Waals surface area contributed by atoms with Crippen molar-refractivity contribution in [1.29, 1.82) is 0 Å². The molecule has 0 fully saturated rings. The second-order valence-electron chi connectivity index (χ2n) is 4.90. The molecule has 6 heteroatoms. The number of carboxylic acids is 1. The zero-order valence-corrected chi connectivity index (χ0v) is 12.4. The Balaban J connectivity index is 2.83. The molecule has 2 N–H and O–H groups in total. The number of hydrogen-bond acceptors (Lipinski definition) is 3. The summed E-state index contributed by atoms with van der Waals surface area (Å²) < 4.78 is 0. The largest absolute Gasteiger partial charge is 0.481 e. The first-order chi connectivity index (χ1) is 9.82. The van der Waals surface area contributed by atoms with E-state index in [1.54, 1.807) is 38.2 Å². The average molecular weight is 292 g/mol. The van der Waals surface area contributed by atoms with E-state index in [9.17, 15) is 14.4 Å². The van der Waals surface area contributed by atoms with E-state index in [0.29, 0.717) is 17.7 Å². The molecule has 0 aliphatic carbocycles. The van der Waals surface area contributed by atoms with Gasteiger partial charge in [-0.2, -0.15) is 0 Å². The van der Waals surface area contributed by atoms with E-state index in [2.05, 4.69) is 5.32 Å². The molecular formula is C15H20N2O4. The summed E-state index contributed by atoms with van der Waals surface area (Å²) in [6, 6.07) is 6.53. The molecule has 114 valence electrons. The van der Waals surface area contributed by atoms with Crippen LogP contribution in [-0.2, 0) is 9.59 Å². The van der Waals surface area contributed by atoms with Crippen molar-refractivity contribution in [3.05, 3.63) is 29.8 Å². The number of carboxylic acid groups (broad SMARTS) is 1. The standard InChI is InChI=1S/C15H20N2O4/c1-10(8-9-14(19)20)16-15(21)12-6-4-5-7-13(12)17(3)11(2)18/h4-7,10H,8-9H2,1-3H3,(H,16,21)(H,19,20). The zero-order valence-electron chi connectivity index (χ0n) is 12.4. The second-order valence-corrected chi connectivity index (χ2v) is 4.90. The van der Waals surface area contributed by atoms with Crippen LogP contribution in [0.1, 0.15) is 37.0 Å². The quantitative estimate of drug-likeness (QED) is 0.834. The van der Waals surface area contributed by atoms with Gasteiger partial charge in [0.25, 0.3) is 5.91 Å². The topological polar surface area (TPSA) is 86.7 Å². The van der Waals surface area contributed by atoms with Gasteiger partial charge in [-0.05, 0) is 25.5 Å². The fraction of sp³-hybridized carbons (Fsp3) is 0.400. The maximum Gasteiger partial charge on any atom is 0.303 e. The lowest BCUT2D eigenvalue weighted by molar-refractivity contribution is -0.137. The molecule has 1 unspecified atom stereocenters. The van der Waals surface area contributed by atoms with Crippen LogP contribution in [0.3, 0.4) is 0 Å². The minimum atomic E-state index is -0.896. The van der Waals surface area contributed by atoms with E-state index in [-0.39, 0.29) is 24.3 Å². The highest BCUT2D eigenvalue weighted by atomic mass is 16.4. The fourth-order valence-electron chi connectivity index (χ4n) is 1.84. The average Bonchev–Trinajstić information content (AvgIpc) is 2.44. The van der Waals surface area contributed by atoms with Gasteiger partial charge in [-0.15, -0.1) is 0 Å². The third-order valence-corrected chi connectivity index (χ3v) is 3.15. The van der Waals surface area contributed by atoms with Crippen molar-refractivity contribution in [1.82, 2.24) is 5.32 Å². The van der Waals surface area contributed by atoms with Crippen molar-refractivity contribution in [2.45, 2.75) is 32.7 Å². The van der Waals surface area contributed by atoms with Crippen LogP contribution in [0.25, 0.3) is 0 Å². The molecule has 2 amide bonds. The van der Waals surface area contributed by atoms with E-state index in [1.165, 1.54) is 11.8 Å². The normalized spacial score (nSPS) is 11.6. The van der Waals surface area contributed by atoms with Gasteiger partial charge in [0.2, 0.25) is 5.91 Å². The first kappa shape index (κ1) is 16.7. The van der Waals surface area contributed by atoms with Crippen molar-refractivity contribution in [2.24, 2.45) is 0 Å². The molecule has 21 heavy (non-hydrogen) atoms. The number of rotatable bonds is 6. The molecule has 0 aromatic heterocycles. The molecular weight excluding hydrogens is 272 g/mol. The Morgan fingerprint density at radius 2 is 1.90 bits per heavy atom. The summed E-state index contributed by atoms with van der Waals surface area (Å²) in [7, 11) is 1.60. The summed E-state index contributed by atoms with van der Waals surface area (Å²) in [5.41, 5.74) is 0.908. The molecule has 0 heterocycles. The van der Waals surface area contributed by atoms with Gasteiger partial charge in [-0.1, -0.05) is 12.1 Å². The predicted molar refractivity (Wildman–Crippen MR) is 79.3 cm³/mol. The lowest BCUT2D eigenvalue weighted by Gasteiger charge is -2.20. The number of nitrogens with zero attached hydrogens (tertiary/aromatic N) is 1. The Labute approximate surface area is 123 Å². The molecule has 1 atom stereocenters. The van der Waals surface area contributed by atoms with Crippen molar-refractivity contribution >= 4 is 23.5 Å². The predicted octanol–water partition coefficient (Wildman–Crippen LogP) is 1.65. The second kappa shape index (κ2) is 7.42. The lowest BCUT2D eigenvalue weighted by atomic mass is 10.1. The molecule has 0 aliphatic heterocycles. The number of amides is 2. The molecule has 0 spiro atoms. The molecule has 1 aromatic rings. The van der Waals surface area contributed by atoms with Gasteiger partial charge < -0.3 is 15.3 Å². The maximum atomic E-state index is 12.3. The third-order valence-electron chi connectivity index (χ3n) is 3.15. The minimum absolute atomic E-state index is 0.00353. The van der Waals surface area contributed by atoms with Gasteiger partial charge in [0.15, 0.2) is 0 Å². The van der Waals surface area contributed by atoms with Crippen LogP contribution in [0.15, 0.2) is 24.3 Å². The Morgan fingerprint density at radius 1 is 1.29 bits per heavy atom. The van der Waals surface area contributed by atoms with Crippen LogP contribution in [0.2, 0.25) is 0 Å². The lowest BCUT2D eigenvalue weighted by Crippen LogP contribution is -2.34. The van der Waals surface area contributed by atoms with Crippen LogP contribution in [0.4, 0.5) is 5.69 Å². The number of benzene rings is 1. The van der Waals surface area contributed by atoms with E-state index < -0.39 is 5.97 Å². The van der Waals surface area contributed by atoms with Gasteiger partial charge in [0.05, 0.1) is 11.3 Å². The van der Waals surface area contributed by atoms with Crippen molar-refractivity contribution < 1.29 is 19.5 Å². The maximum absolute atomic E-state index is 12.3. The molecule has 1 aromatic carbocycles. The number of para-hydroxylation sites is 1.